The first-order valence-electron chi connectivity index (χ1n) is 14.2. The number of carbonyl (C=O) groups is 3. The summed E-state index contributed by atoms with van der Waals surface area (Å²) < 4.78 is 14.9. The van der Waals surface area contributed by atoms with Crippen LogP contribution in [0, 0.1) is 5.82 Å². The van der Waals surface area contributed by atoms with Gasteiger partial charge in [0.15, 0.2) is 0 Å². The van der Waals surface area contributed by atoms with E-state index in [0.717, 1.165) is 10.4 Å². The first-order chi connectivity index (χ1) is 21.3. The Labute approximate surface area is 261 Å². The SMILES string of the molecule is C=CCN1CC(=O)N2[C@@H](Cc3ccc(O)cc3)C(=O)N(Cc3ccc(F)c4scnc34)C[C@@H]2N1C(=O)NCCc1cccs1. The second kappa shape index (κ2) is 12.7. The second-order valence-corrected chi connectivity index (χ2v) is 12.6. The molecule has 228 valence electrons. The number of carbonyl (C=O) groups excluding carboxylic acids is 3. The van der Waals surface area contributed by atoms with Gasteiger partial charge in [0, 0.05) is 30.9 Å². The Morgan fingerprint density at radius 1 is 1.16 bits per heavy atom. The van der Waals surface area contributed by atoms with E-state index < -0.39 is 12.2 Å². The fourth-order valence-electron chi connectivity index (χ4n) is 5.83. The number of benzene rings is 2. The van der Waals surface area contributed by atoms with Crippen LogP contribution in [0.2, 0.25) is 0 Å². The highest BCUT2D eigenvalue weighted by Crippen LogP contribution is 2.31. The van der Waals surface area contributed by atoms with Crippen molar-refractivity contribution in [2.24, 2.45) is 0 Å². The Kier molecular flexibility index (Phi) is 8.60. The molecule has 2 fully saturated rings. The van der Waals surface area contributed by atoms with E-state index in [1.807, 2.05) is 17.5 Å². The monoisotopic (exact) mass is 634 g/mol. The summed E-state index contributed by atoms with van der Waals surface area (Å²) in [7, 11) is 0. The molecule has 4 aromatic rings. The van der Waals surface area contributed by atoms with Gasteiger partial charge in [0.2, 0.25) is 11.8 Å². The fraction of sp³-hybridized carbons (Fsp3) is 0.290. The average molecular weight is 635 g/mol. The van der Waals surface area contributed by atoms with Gasteiger partial charge in [-0.2, -0.15) is 0 Å². The van der Waals surface area contributed by atoms with Crippen LogP contribution in [0.1, 0.15) is 16.0 Å². The maximum Gasteiger partial charge on any atom is 0.333 e. The van der Waals surface area contributed by atoms with E-state index in [4.69, 9.17) is 0 Å². The number of thiazole rings is 1. The molecule has 4 amide bonds. The number of hydrogen-bond acceptors (Lipinski definition) is 8. The van der Waals surface area contributed by atoms with Crippen molar-refractivity contribution in [3.8, 4) is 5.75 Å². The van der Waals surface area contributed by atoms with Crippen molar-refractivity contribution in [3.63, 3.8) is 0 Å². The number of thiophene rings is 1. The molecule has 2 aromatic carbocycles. The van der Waals surface area contributed by atoms with Crippen molar-refractivity contribution >= 4 is 50.7 Å². The van der Waals surface area contributed by atoms with Crippen molar-refractivity contribution in [3.05, 3.63) is 93.9 Å². The van der Waals surface area contributed by atoms with Gasteiger partial charge in [0.05, 0.1) is 28.8 Å². The molecule has 6 rings (SSSR count). The molecule has 0 spiro atoms. The summed E-state index contributed by atoms with van der Waals surface area (Å²) in [4.78, 5) is 50.4. The van der Waals surface area contributed by atoms with Crippen LogP contribution in [0.4, 0.5) is 9.18 Å². The van der Waals surface area contributed by atoms with Gasteiger partial charge in [-0.15, -0.1) is 29.3 Å². The molecule has 2 aliphatic heterocycles. The molecule has 4 heterocycles. The van der Waals surface area contributed by atoms with Crippen LogP contribution in [0.25, 0.3) is 10.2 Å². The number of fused-ring (bicyclic) bond motifs is 2. The number of rotatable bonds is 9. The third-order valence-electron chi connectivity index (χ3n) is 7.85. The van der Waals surface area contributed by atoms with E-state index in [2.05, 4.69) is 16.9 Å². The number of aromatic nitrogens is 1. The lowest BCUT2D eigenvalue weighted by molar-refractivity contribution is -0.189. The number of nitrogens with zero attached hydrogens (tertiary/aromatic N) is 5. The summed E-state index contributed by atoms with van der Waals surface area (Å²) in [5.74, 6) is -0.854. The van der Waals surface area contributed by atoms with Crippen molar-refractivity contribution in [2.45, 2.75) is 31.6 Å². The summed E-state index contributed by atoms with van der Waals surface area (Å²) in [5, 5.41) is 18.0. The highest BCUT2D eigenvalue weighted by Gasteiger charge is 2.51. The topological polar surface area (TPSA) is 109 Å². The van der Waals surface area contributed by atoms with Crippen molar-refractivity contribution < 1.29 is 23.9 Å². The van der Waals surface area contributed by atoms with Crippen LogP contribution in [0.5, 0.6) is 5.75 Å². The maximum atomic E-state index is 14.5. The molecule has 10 nitrogen and oxygen atoms in total. The predicted molar refractivity (Wildman–Crippen MR) is 166 cm³/mol. The molecule has 2 N–H and O–H groups in total. The number of hydrogen-bond donors (Lipinski definition) is 2. The molecule has 0 saturated carbocycles. The third-order valence-corrected chi connectivity index (χ3v) is 9.62. The van der Waals surface area contributed by atoms with Gasteiger partial charge in [0.1, 0.15) is 23.8 Å². The van der Waals surface area contributed by atoms with E-state index in [1.165, 1.54) is 39.4 Å². The number of phenols is 1. The predicted octanol–water partition coefficient (Wildman–Crippen LogP) is 3.98. The quantitative estimate of drug-likeness (QED) is 0.270. The van der Waals surface area contributed by atoms with E-state index in [1.54, 1.807) is 51.0 Å². The van der Waals surface area contributed by atoms with Gasteiger partial charge in [-0.25, -0.2) is 24.2 Å². The molecule has 2 aliphatic rings. The number of piperazine rings is 1. The van der Waals surface area contributed by atoms with Crippen LogP contribution in [0.3, 0.4) is 0 Å². The number of halogens is 1. The lowest BCUT2D eigenvalue weighted by Crippen LogP contribution is -2.76. The number of nitrogens with one attached hydrogen (secondary N) is 1. The molecule has 44 heavy (non-hydrogen) atoms. The molecular weight excluding hydrogens is 604 g/mol. The minimum atomic E-state index is -0.913. The van der Waals surface area contributed by atoms with Gasteiger partial charge >= 0.3 is 6.03 Å². The summed E-state index contributed by atoms with van der Waals surface area (Å²) in [6, 6.07) is 12.2. The van der Waals surface area contributed by atoms with Crippen LogP contribution in [0.15, 0.2) is 72.1 Å². The van der Waals surface area contributed by atoms with Gasteiger partial charge in [-0.05, 0) is 47.2 Å². The van der Waals surface area contributed by atoms with Crippen molar-refractivity contribution in [2.75, 3.05) is 26.2 Å². The Hall–Kier alpha value is -4.33. The Balaban J connectivity index is 1.34. The molecule has 0 unspecified atom stereocenters. The number of phenolic OH excluding ortho intramolecular Hbond substituents is 1. The largest absolute Gasteiger partial charge is 0.508 e. The standard InChI is InChI=1S/C31H31FN6O4S2/c1-2-13-36-18-27(40)37-25(15-20-5-8-22(39)9-6-20)30(41)35(16-21-7-10-24(32)29-28(21)34-19-44-29)17-26(37)38(36)31(42)33-12-11-23-4-3-14-43-23/h2-10,14,19,25-26,39H,1,11-13,15-18H2,(H,33,42)/t25-,26-/m0/s1. The number of aromatic hydroxyl groups is 1. The minimum absolute atomic E-state index is 0.0473. The molecular formula is C31H31FN6O4S2. The normalized spacial score (nSPS) is 19.0. The molecule has 2 aromatic heterocycles. The minimum Gasteiger partial charge on any atom is -0.508 e. The molecule has 0 aliphatic carbocycles. The van der Waals surface area contributed by atoms with Gasteiger partial charge in [-0.3, -0.25) is 9.59 Å². The van der Waals surface area contributed by atoms with E-state index in [9.17, 15) is 23.9 Å². The molecule has 13 heteroatoms. The van der Waals surface area contributed by atoms with Crippen LogP contribution in [-0.4, -0.2) is 86.1 Å². The number of amides is 4. The Bertz CT molecular complexity index is 1680. The third kappa shape index (κ3) is 5.90. The zero-order chi connectivity index (χ0) is 30.8. The van der Waals surface area contributed by atoms with Gasteiger partial charge in [-0.1, -0.05) is 30.3 Å². The van der Waals surface area contributed by atoms with Crippen molar-refractivity contribution in [1.29, 1.82) is 0 Å². The van der Waals surface area contributed by atoms with Crippen LogP contribution >= 0.6 is 22.7 Å². The second-order valence-electron chi connectivity index (χ2n) is 10.7. The van der Waals surface area contributed by atoms with E-state index in [-0.39, 0.29) is 62.0 Å². The zero-order valence-corrected chi connectivity index (χ0v) is 25.4. The lowest BCUT2D eigenvalue weighted by atomic mass is 9.98. The highest BCUT2D eigenvalue weighted by atomic mass is 32.1. The first kappa shape index (κ1) is 29.7. The maximum absolute atomic E-state index is 14.5. The summed E-state index contributed by atoms with van der Waals surface area (Å²) >= 11 is 2.80. The summed E-state index contributed by atoms with van der Waals surface area (Å²) in [6.07, 6.45) is 1.67. The lowest BCUT2D eigenvalue weighted by Gasteiger charge is -2.55. The van der Waals surface area contributed by atoms with E-state index in [0.29, 0.717) is 28.7 Å². The number of urea groups is 1. The van der Waals surface area contributed by atoms with Gasteiger partial charge < -0.3 is 20.2 Å². The smallest absolute Gasteiger partial charge is 0.333 e. The Morgan fingerprint density at radius 2 is 1.98 bits per heavy atom. The molecule has 0 radical (unpaired) electrons. The molecule has 0 bridgehead atoms. The van der Waals surface area contributed by atoms with Gasteiger partial charge in [0.25, 0.3) is 0 Å². The fourth-order valence-corrected chi connectivity index (χ4v) is 7.28. The first-order valence-corrected chi connectivity index (χ1v) is 15.9. The highest BCUT2D eigenvalue weighted by molar-refractivity contribution is 7.16. The zero-order valence-electron chi connectivity index (χ0n) is 23.8. The summed E-state index contributed by atoms with van der Waals surface area (Å²) in [6.45, 7) is 4.54. The number of hydrazine groups is 1. The average Bonchev–Trinajstić information content (AvgIpc) is 3.71. The van der Waals surface area contributed by atoms with Crippen LogP contribution < -0.4 is 5.32 Å². The van der Waals surface area contributed by atoms with E-state index >= 15 is 0 Å². The molecule has 2 atom stereocenters. The Morgan fingerprint density at radius 3 is 2.73 bits per heavy atom. The van der Waals surface area contributed by atoms with Crippen LogP contribution in [-0.2, 0) is 29.0 Å². The summed E-state index contributed by atoms with van der Waals surface area (Å²) in [5.41, 5.74) is 3.47. The molecule has 2 saturated heterocycles. The van der Waals surface area contributed by atoms with Crippen molar-refractivity contribution in [1.82, 2.24) is 30.1 Å².